The Hall–Kier alpha value is -2.53. The van der Waals surface area contributed by atoms with Gasteiger partial charge in [0.05, 0.1) is 0 Å². The molecular weight excluding hydrogens is 390 g/mol. The summed E-state index contributed by atoms with van der Waals surface area (Å²) in [5.41, 5.74) is 3.89. The van der Waals surface area contributed by atoms with Crippen molar-refractivity contribution in [3.05, 3.63) is 59.2 Å². The Balaban J connectivity index is 1.29. The van der Waals surface area contributed by atoms with Gasteiger partial charge >= 0.3 is 5.97 Å². The van der Waals surface area contributed by atoms with Gasteiger partial charge in [-0.2, -0.15) is 0 Å². The zero-order valence-electron chi connectivity index (χ0n) is 18.3. The summed E-state index contributed by atoms with van der Waals surface area (Å²) in [5, 5.41) is 12.6. The minimum atomic E-state index is -0.706. The van der Waals surface area contributed by atoms with Crippen LogP contribution in [-0.4, -0.2) is 30.3 Å². The second kappa shape index (κ2) is 10.2. The average molecular weight is 424 g/mol. The summed E-state index contributed by atoms with van der Waals surface area (Å²) in [5.74, 6) is 1.63. The number of ether oxygens (including phenoxy) is 2. The molecule has 1 fully saturated rings. The van der Waals surface area contributed by atoms with Crippen molar-refractivity contribution in [2.45, 2.75) is 69.9 Å². The first kappa shape index (κ1) is 21.7. The van der Waals surface area contributed by atoms with E-state index in [0.717, 1.165) is 37.2 Å². The van der Waals surface area contributed by atoms with Crippen molar-refractivity contribution < 1.29 is 19.4 Å². The van der Waals surface area contributed by atoms with E-state index in [1.807, 2.05) is 12.1 Å². The highest BCUT2D eigenvalue weighted by molar-refractivity contribution is 5.66. The molecule has 2 N–H and O–H groups in total. The van der Waals surface area contributed by atoms with E-state index in [-0.39, 0.29) is 12.5 Å². The van der Waals surface area contributed by atoms with E-state index in [4.69, 9.17) is 14.6 Å². The lowest BCUT2D eigenvalue weighted by Gasteiger charge is -2.26. The molecule has 2 aliphatic rings. The number of fused-ring (bicyclic) bond motifs is 1. The van der Waals surface area contributed by atoms with Crippen LogP contribution < -0.4 is 14.8 Å². The number of para-hydroxylation sites is 1. The Labute approximate surface area is 184 Å². The average Bonchev–Trinajstić information content (AvgIpc) is 3.25. The van der Waals surface area contributed by atoms with Crippen molar-refractivity contribution in [2.24, 2.45) is 0 Å². The highest BCUT2D eigenvalue weighted by atomic mass is 16.6. The van der Waals surface area contributed by atoms with Gasteiger partial charge in [0.2, 0.25) is 0 Å². The third-order valence-electron chi connectivity index (χ3n) is 6.54. The van der Waals surface area contributed by atoms with Crippen molar-refractivity contribution >= 4 is 5.97 Å². The third-order valence-corrected chi connectivity index (χ3v) is 6.54. The molecule has 5 nitrogen and oxygen atoms in total. The predicted molar refractivity (Wildman–Crippen MR) is 121 cm³/mol. The van der Waals surface area contributed by atoms with Crippen LogP contribution in [0.15, 0.2) is 42.5 Å². The maximum absolute atomic E-state index is 10.6. The smallest absolute Gasteiger partial charge is 0.303 e. The fourth-order valence-electron chi connectivity index (χ4n) is 4.88. The number of hydrogen-bond acceptors (Lipinski definition) is 4. The highest BCUT2D eigenvalue weighted by Crippen LogP contribution is 2.39. The largest absolute Gasteiger partial charge is 0.486 e. The molecule has 3 atom stereocenters. The number of carboxylic acid groups (broad SMARTS) is 1. The maximum atomic E-state index is 10.6. The number of nitrogens with one attached hydrogen (secondary N) is 1. The molecule has 1 saturated carbocycles. The predicted octanol–water partition coefficient (Wildman–Crippen LogP) is 5.24. The molecular formula is C26H33NO4. The number of aryl methyl sites for hydroxylation is 1. The van der Waals surface area contributed by atoms with E-state index in [1.54, 1.807) is 0 Å². The highest BCUT2D eigenvalue weighted by Gasteiger charge is 2.28. The second-order valence-electron chi connectivity index (χ2n) is 8.81. The molecule has 1 aliphatic heterocycles. The number of unbranched alkanes of at least 4 members (excludes halogenated alkanes) is 1. The molecule has 0 saturated heterocycles. The van der Waals surface area contributed by atoms with Gasteiger partial charge in [-0.05, 0) is 68.6 Å². The Morgan fingerprint density at radius 1 is 1.10 bits per heavy atom. The third kappa shape index (κ3) is 5.59. The lowest BCUT2D eigenvalue weighted by molar-refractivity contribution is -0.137. The summed E-state index contributed by atoms with van der Waals surface area (Å²) >= 11 is 0. The van der Waals surface area contributed by atoms with E-state index in [1.165, 1.54) is 29.5 Å². The van der Waals surface area contributed by atoms with Crippen LogP contribution in [0.3, 0.4) is 0 Å². The molecule has 166 valence electrons. The molecule has 0 aromatic heterocycles. The van der Waals surface area contributed by atoms with Crippen molar-refractivity contribution in [1.82, 2.24) is 5.32 Å². The van der Waals surface area contributed by atoms with Gasteiger partial charge in [0.1, 0.15) is 13.2 Å². The summed E-state index contributed by atoms with van der Waals surface area (Å²) in [7, 11) is 0. The maximum Gasteiger partial charge on any atom is 0.303 e. The lowest BCUT2D eigenvalue weighted by Crippen LogP contribution is -2.30. The van der Waals surface area contributed by atoms with Gasteiger partial charge in [-0.1, -0.05) is 36.4 Å². The standard InChI is InChI=1S/C26H33NO4/c1-18(23-6-4-7-24-26(23)31-16-15-30-24)27-22-14-13-21(17-22)20-11-9-19(10-12-20)5-2-3-8-25(28)29/h4,6-7,9-12,18,21-22,27H,2-3,5,8,13-17H2,1H3,(H,28,29). The Bertz CT molecular complexity index is 879. The second-order valence-corrected chi connectivity index (χ2v) is 8.81. The van der Waals surface area contributed by atoms with Gasteiger partial charge in [0.15, 0.2) is 11.5 Å². The summed E-state index contributed by atoms with van der Waals surface area (Å²) in [6, 6.07) is 15.8. The van der Waals surface area contributed by atoms with Crippen molar-refractivity contribution in [3.8, 4) is 11.5 Å². The number of carboxylic acids is 1. The molecule has 5 heteroatoms. The monoisotopic (exact) mass is 423 g/mol. The van der Waals surface area contributed by atoms with Crippen LogP contribution in [0.5, 0.6) is 11.5 Å². The summed E-state index contributed by atoms with van der Waals surface area (Å²) in [6.45, 7) is 3.43. The first-order chi connectivity index (χ1) is 15.1. The fraction of sp³-hybridized carbons (Fsp3) is 0.500. The molecule has 31 heavy (non-hydrogen) atoms. The molecule has 0 bridgehead atoms. The van der Waals surface area contributed by atoms with Gasteiger partial charge in [-0.15, -0.1) is 0 Å². The number of carbonyl (C=O) groups is 1. The Morgan fingerprint density at radius 2 is 1.90 bits per heavy atom. The van der Waals surface area contributed by atoms with Crippen LogP contribution in [0.4, 0.5) is 0 Å². The van der Waals surface area contributed by atoms with Crippen LogP contribution in [0.25, 0.3) is 0 Å². The van der Waals surface area contributed by atoms with Gasteiger partial charge in [-0.25, -0.2) is 0 Å². The number of rotatable bonds is 9. The first-order valence-corrected chi connectivity index (χ1v) is 11.6. The molecule has 2 aromatic rings. The SMILES string of the molecule is CC(NC1CCC(c2ccc(CCCCC(=O)O)cc2)C1)c1cccc2c1OCCO2. The molecule has 3 unspecified atom stereocenters. The van der Waals surface area contributed by atoms with Crippen molar-refractivity contribution in [1.29, 1.82) is 0 Å². The van der Waals surface area contributed by atoms with Crippen LogP contribution in [0.1, 0.15) is 74.1 Å². The summed E-state index contributed by atoms with van der Waals surface area (Å²) in [4.78, 5) is 10.6. The lowest BCUT2D eigenvalue weighted by atomic mass is 9.95. The zero-order valence-corrected chi connectivity index (χ0v) is 18.3. The molecule has 0 spiro atoms. The number of aliphatic carboxylic acids is 1. The molecule has 1 heterocycles. The molecule has 0 radical (unpaired) electrons. The molecule has 4 rings (SSSR count). The summed E-state index contributed by atoms with van der Waals surface area (Å²) < 4.78 is 11.6. The quantitative estimate of drug-likeness (QED) is 0.540. The molecule has 2 aromatic carbocycles. The van der Waals surface area contributed by atoms with Crippen molar-refractivity contribution in [3.63, 3.8) is 0 Å². The summed E-state index contributed by atoms with van der Waals surface area (Å²) in [6.07, 6.45) is 6.41. The number of benzene rings is 2. The molecule has 0 amide bonds. The van der Waals surface area contributed by atoms with E-state index >= 15 is 0 Å². The topological polar surface area (TPSA) is 67.8 Å². The first-order valence-electron chi connectivity index (χ1n) is 11.6. The van der Waals surface area contributed by atoms with Gasteiger partial charge < -0.3 is 19.9 Å². The Kier molecular flexibility index (Phi) is 7.13. The fourth-order valence-corrected chi connectivity index (χ4v) is 4.88. The van der Waals surface area contributed by atoms with Crippen LogP contribution in [0.2, 0.25) is 0 Å². The van der Waals surface area contributed by atoms with E-state index in [0.29, 0.717) is 25.2 Å². The van der Waals surface area contributed by atoms with Crippen LogP contribution in [0, 0.1) is 0 Å². The Morgan fingerprint density at radius 3 is 2.71 bits per heavy atom. The van der Waals surface area contributed by atoms with E-state index in [2.05, 4.69) is 42.6 Å². The van der Waals surface area contributed by atoms with Crippen LogP contribution >= 0.6 is 0 Å². The number of hydrogen-bond donors (Lipinski definition) is 2. The van der Waals surface area contributed by atoms with Crippen molar-refractivity contribution in [2.75, 3.05) is 13.2 Å². The van der Waals surface area contributed by atoms with Gasteiger partial charge in [0, 0.05) is 24.1 Å². The minimum Gasteiger partial charge on any atom is -0.486 e. The minimum absolute atomic E-state index is 0.216. The van der Waals surface area contributed by atoms with E-state index < -0.39 is 5.97 Å². The van der Waals surface area contributed by atoms with Gasteiger partial charge in [0.25, 0.3) is 0 Å². The zero-order chi connectivity index (χ0) is 21.6. The van der Waals surface area contributed by atoms with E-state index in [9.17, 15) is 4.79 Å². The van der Waals surface area contributed by atoms with Gasteiger partial charge in [-0.3, -0.25) is 4.79 Å². The normalized spacial score (nSPS) is 21.1. The molecule has 1 aliphatic carbocycles. The van der Waals surface area contributed by atoms with Crippen LogP contribution in [-0.2, 0) is 11.2 Å².